The van der Waals surface area contributed by atoms with E-state index >= 15 is 0 Å². The van der Waals surface area contributed by atoms with Crippen molar-refractivity contribution in [2.75, 3.05) is 6.61 Å². The Morgan fingerprint density at radius 2 is 2.19 bits per heavy atom. The molecule has 0 aliphatic carbocycles. The van der Waals surface area contributed by atoms with Crippen LogP contribution in [-0.4, -0.2) is 15.0 Å². The van der Waals surface area contributed by atoms with Crippen molar-refractivity contribution in [1.82, 2.24) is 0 Å². The minimum atomic E-state index is -4.65. The van der Waals surface area contributed by atoms with Gasteiger partial charge >= 0.3 is 10.2 Å². The third-order valence-corrected chi connectivity index (χ3v) is 3.36. The maximum Gasteiger partial charge on any atom is 0.331 e. The fourth-order valence-corrected chi connectivity index (χ4v) is 2.14. The first-order chi connectivity index (χ1) is 7.52. The maximum absolute atomic E-state index is 12.8. The molecule has 0 amide bonds. The molecule has 0 saturated heterocycles. The van der Waals surface area contributed by atoms with Crippen LogP contribution in [0.1, 0.15) is 18.1 Å². The Kier molecular flexibility index (Phi) is 2.71. The molecule has 0 fully saturated rings. The van der Waals surface area contributed by atoms with Gasteiger partial charge < -0.3 is 4.74 Å². The van der Waals surface area contributed by atoms with Crippen molar-refractivity contribution in [3.63, 3.8) is 0 Å². The topological polar surface area (TPSA) is 43.4 Å². The lowest BCUT2D eigenvalue weighted by Gasteiger charge is -2.18. The molecule has 0 unspecified atom stereocenters. The molecule has 0 radical (unpaired) electrons. The SMILES string of the molecule is CCc1cccc2c1OCC(S(=O)(=O)F)=C2. The zero-order chi connectivity index (χ0) is 11.8. The smallest absolute Gasteiger partial charge is 0.331 e. The number of para-hydroxylation sites is 1. The van der Waals surface area contributed by atoms with E-state index in [0.717, 1.165) is 12.0 Å². The molecule has 1 aliphatic rings. The van der Waals surface area contributed by atoms with E-state index in [9.17, 15) is 12.3 Å². The maximum atomic E-state index is 12.8. The Morgan fingerprint density at radius 3 is 2.81 bits per heavy atom. The van der Waals surface area contributed by atoms with Gasteiger partial charge in [0.1, 0.15) is 17.3 Å². The summed E-state index contributed by atoms with van der Waals surface area (Å²) in [5, 5.41) is 0. The fraction of sp³-hybridized carbons (Fsp3) is 0.273. The molecule has 1 aromatic rings. The predicted molar refractivity (Wildman–Crippen MR) is 59.3 cm³/mol. The van der Waals surface area contributed by atoms with Crippen molar-refractivity contribution in [3.8, 4) is 5.75 Å². The Morgan fingerprint density at radius 1 is 1.44 bits per heavy atom. The normalized spacial score (nSPS) is 15.0. The van der Waals surface area contributed by atoms with Crippen LogP contribution in [0.2, 0.25) is 0 Å². The van der Waals surface area contributed by atoms with Crippen LogP contribution in [0, 0.1) is 0 Å². The Bertz CT molecular complexity index is 546. The Labute approximate surface area is 93.8 Å². The van der Waals surface area contributed by atoms with E-state index in [1.54, 1.807) is 12.1 Å². The molecule has 16 heavy (non-hydrogen) atoms. The van der Waals surface area contributed by atoms with Crippen LogP contribution in [0.15, 0.2) is 23.1 Å². The van der Waals surface area contributed by atoms with Gasteiger partial charge in [-0.05, 0) is 18.1 Å². The third-order valence-electron chi connectivity index (χ3n) is 2.50. The first-order valence-electron chi connectivity index (χ1n) is 4.92. The summed E-state index contributed by atoms with van der Waals surface area (Å²) in [6, 6.07) is 5.41. The summed E-state index contributed by atoms with van der Waals surface area (Å²) in [6.45, 7) is 1.74. The molecule has 0 N–H and O–H groups in total. The number of halogens is 1. The Balaban J connectivity index is 2.54. The minimum absolute atomic E-state index is 0.233. The lowest BCUT2D eigenvalue weighted by atomic mass is 10.1. The van der Waals surface area contributed by atoms with Crippen molar-refractivity contribution < 1.29 is 17.0 Å². The highest BCUT2D eigenvalue weighted by molar-refractivity contribution is 7.90. The third kappa shape index (κ3) is 1.95. The van der Waals surface area contributed by atoms with Crippen LogP contribution >= 0.6 is 0 Å². The van der Waals surface area contributed by atoms with Crippen LogP contribution in [-0.2, 0) is 16.6 Å². The zero-order valence-electron chi connectivity index (χ0n) is 8.73. The van der Waals surface area contributed by atoms with Crippen molar-refractivity contribution >= 4 is 16.3 Å². The second kappa shape index (κ2) is 3.90. The van der Waals surface area contributed by atoms with Crippen LogP contribution < -0.4 is 4.74 Å². The summed E-state index contributed by atoms with van der Waals surface area (Å²) >= 11 is 0. The highest BCUT2D eigenvalue weighted by atomic mass is 32.3. The molecule has 3 nitrogen and oxygen atoms in total. The van der Waals surface area contributed by atoms with Crippen LogP contribution in [0.3, 0.4) is 0 Å². The molecule has 1 heterocycles. The zero-order valence-corrected chi connectivity index (χ0v) is 9.55. The molecule has 2 rings (SSSR count). The van der Waals surface area contributed by atoms with Crippen LogP contribution in [0.25, 0.3) is 6.08 Å². The highest BCUT2D eigenvalue weighted by Crippen LogP contribution is 2.32. The average molecular weight is 242 g/mol. The largest absolute Gasteiger partial charge is 0.487 e. The van der Waals surface area contributed by atoms with Gasteiger partial charge in [0.15, 0.2) is 0 Å². The van der Waals surface area contributed by atoms with E-state index in [-0.39, 0.29) is 11.5 Å². The van der Waals surface area contributed by atoms with E-state index in [2.05, 4.69) is 0 Å². The van der Waals surface area contributed by atoms with E-state index in [1.807, 2.05) is 13.0 Å². The van der Waals surface area contributed by atoms with E-state index in [4.69, 9.17) is 4.74 Å². The number of benzene rings is 1. The lowest BCUT2D eigenvalue weighted by Crippen LogP contribution is -2.13. The van der Waals surface area contributed by atoms with Gasteiger partial charge in [-0.15, -0.1) is 3.89 Å². The number of aryl methyl sites for hydroxylation is 1. The van der Waals surface area contributed by atoms with Crippen molar-refractivity contribution in [1.29, 1.82) is 0 Å². The summed E-state index contributed by atoms with van der Waals surface area (Å²) < 4.78 is 39.5. The first-order valence-corrected chi connectivity index (χ1v) is 6.30. The molecular formula is C11H11FO3S. The van der Waals surface area contributed by atoms with Gasteiger partial charge in [-0.1, -0.05) is 25.1 Å². The molecule has 0 aromatic heterocycles. The molecule has 1 aliphatic heterocycles. The monoisotopic (exact) mass is 242 g/mol. The van der Waals surface area contributed by atoms with Crippen molar-refractivity contribution in [3.05, 3.63) is 34.2 Å². The van der Waals surface area contributed by atoms with E-state index in [0.29, 0.717) is 11.3 Å². The predicted octanol–water partition coefficient (Wildman–Crippen LogP) is 2.28. The molecule has 0 saturated carbocycles. The lowest BCUT2D eigenvalue weighted by molar-refractivity contribution is 0.348. The standard InChI is InChI=1S/C11H11FO3S/c1-2-8-4-3-5-9-6-10(16(12,13)14)7-15-11(8)9/h3-6H,2,7H2,1H3. The number of hydrogen-bond acceptors (Lipinski definition) is 3. The Hall–Kier alpha value is -1.36. The summed E-state index contributed by atoms with van der Waals surface area (Å²) in [4.78, 5) is -0.326. The number of rotatable bonds is 2. The molecular weight excluding hydrogens is 231 g/mol. The number of hydrogen-bond donors (Lipinski definition) is 0. The van der Waals surface area contributed by atoms with E-state index in [1.165, 1.54) is 6.08 Å². The summed E-state index contributed by atoms with van der Waals surface area (Å²) in [5.41, 5.74) is 1.60. The van der Waals surface area contributed by atoms with Crippen LogP contribution in [0.4, 0.5) is 3.89 Å². The minimum Gasteiger partial charge on any atom is -0.487 e. The van der Waals surface area contributed by atoms with Gasteiger partial charge in [0, 0.05) is 5.56 Å². The number of fused-ring (bicyclic) bond motifs is 1. The molecule has 0 spiro atoms. The highest BCUT2D eigenvalue weighted by Gasteiger charge is 2.23. The van der Waals surface area contributed by atoms with Gasteiger partial charge in [-0.2, -0.15) is 8.42 Å². The molecule has 1 aromatic carbocycles. The van der Waals surface area contributed by atoms with Crippen molar-refractivity contribution in [2.45, 2.75) is 13.3 Å². The molecule has 0 bridgehead atoms. The molecule has 5 heteroatoms. The van der Waals surface area contributed by atoms with Gasteiger partial charge in [0.2, 0.25) is 0 Å². The summed E-state index contributed by atoms with van der Waals surface area (Å²) in [5.74, 6) is 0.650. The first kappa shape index (κ1) is 11.1. The van der Waals surface area contributed by atoms with Crippen molar-refractivity contribution in [2.24, 2.45) is 0 Å². The molecule has 86 valence electrons. The fourth-order valence-electron chi connectivity index (χ4n) is 1.67. The molecule has 0 atom stereocenters. The van der Waals surface area contributed by atoms with Gasteiger partial charge in [0.25, 0.3) is 0 Å². The second-order valence-corrected chi connectivity index (χ2v) is 4.93. The van der Waals surface area contributed by atoms with Gasteiger partial charge in [-0.25, -0.2) is 0 Å². The average Bonchev–Trinajstić information content (AvgIpc) is 2.26. The van der Waals surface area contributed by atoms with E-state index < -0.39 is 10.2 Å². The summed E-state index contributed by atoms with van der Waals surface area (Å²) in [6.07, 6.45) is 2.11. The summed E-state index contributed by atoms with van der Waals surface area (Å²) in [7, 11) is -4.65. The van der Waals surface area contributed by atoms with Gasteiger partial charge in [0.05, 0.1) is 0 Å². The van der Waals surface area contributed by atoms with Crippen LogP contribution in [0.5, 0.6) is 5.75 Å². The second-order valence-electron chi connectivity index (χ2n) is 3.53. The quantitative estimate of drug-likeness (QED) is 0.747. The number of ether oxygens (including phenoxy) is 1. The van der Waals surface area contributed by atoms with Gasteiger partial charge in [-0.3, -0.25) is 0 Å².